The third-order valence-electron chi connectivity index (χ3n) is 4.18. The molecule has 2 rings (SSSR count). The Bertz CT molecular complexity index is 255. The van der Waals surface area contributed by atoms with Crippen molar-refractivity contribution >= 4 is 5.91 Å². The molecule has 17 heavy (non-hydrogen) atoms. The molecule has 0 aromatic heterocycles. The molecule has 1 amide bonds. The Kier molecular flexibility index (Phi) is 4.40. The molecule has 2 N–H and O–H groups in total. The predicted molar refractivity (Wildman–Crippen MR) is 68.9 cm³/mol. The molecule has 1 aliphatic carbocycles. The summed E-state index contributed by atoms with van der Waals surface area (Å²) in [6.45, 7) is 8.26. The second-order valence-electron chi connectivity index (χ2n) is 5.62. The van der Waals surface area contributed by atoms with Crippen molar-refractivity contribution in [1.82, 2.24) is 15.5 Å². The molecule has 0 aromatic carbocycles. The van der Waals surface area contributed by atoms with Gasteiger partial charge >= 0.3 is 0 Å². The first-order chi connectivity index (χ1) is 8.21. The lowest BCUT2D eigenvalue weighted by molar-refractivity contribution is -0.129. The highest BCUT2D eigenvalue weighted by atomic mass is 16.2. The van der Waals surface area contributed by atoms with Crippen LogP contribution in [0.2, 0.25) is 0 Å². The SMILES string of the molecule is CC1(C(=O)NCCN2CCNCC2)CCCC1. The van der Waals surface area contributed by atoms with Gasteiger partial charge in [0, 0.05) is 44.7 Å². The number of amides is 1. The molecule has 1 saturated carbocycles. The van der Waals surface area contributed by atoms with E-state index in [2.05, 4.69) is 22.5 Å². The zero-order chi connectivity index (χ0) is 12.1. The second-order valence-corrected chi connectivity index (χ2v) is 5.62. The fourth-order valence-electron chi connectivity index (χ4n) is 2.86. The van der Waals surface area contributed by atoms with Crippen molar-refractivity contribution in [3.05, 3.63) is 0 Å². The summed E-state index contributed by atoms with van der Waals surface area (Å²) in [5, 5.41) is 6.45. The lowest BCUT2D eigenvalue weighted by atomic mass is 9.88. The molecule has 0 unspecified atom stereocenters. The van der Waals surface area contributed by atoms with Gasteiger partial charge in [0.25, 0.3) is 0 Å². The Morgan fingerprint density at radius 1 is 1.29 bits per heavy atom. The van der Waals surface area contributed by atoms with E-state index in [4.69, 9.17) is 0 Å². The number of piperazine rings is 1. The molecule has 0 radical (unpaired) electrons. The van der Waals surface area contributed by atoms with Crippen LogP contribution in [0.3, 0.4) is 0 Å². The van der Waals surface area contributed by atoms with Crippen molar-refractivity contribution in [1.29, 1.82) is 0 Å². The fraction of sp³-hybridized carbons (Fsp3) is 0.923. The lowest BCUT2D eigenvalue weighted by Crippen LogP contribution is -2.47. The zero-order valence-corrected chi connectivity index (χ0v) is 10.9. The summed E-state index contributed by atoms with van der Waals surface area (Å²) >= 11 is 0. The van der Waals surface area contributed by atoms with Crippen LogP contribution in [-0.4, -0.2) is 50.1 Å². The van der Waals surface area contributed by atoms with Gasteiger partial charge in [-0.05, 0) is 12.8 Å². The maximum absolute atomic E-state index is 12.1. The normalized spacial score (nSPS) is 24.8. The van der Waals surface area contributed by atoms with E-state index < -0.39 is 0 Å². The summed E-state index contributed by atoms with van der Waals surface area (Å²) in [4.78, 5) is 14.5. The molecular weight excluding hydrogens is 214 g/mol. The van der Waals surface area contributed by atoms with E-state index in [-0.39, 0.29) is 11.3 Å². The molecule has 0 atom stereocenters. The molecule has 2 aliphatic rings. The van der Waals surface area contributed by atoms with Gasteiger partial charge in [0.05, 0.1) is 0 Å². The summed E-state index contributed by atoms with van der Waals surface area (Å²) < 4.78 is 0. The minimum absolute atomic E-state index is 0.0799. The number of nitrogens with zero attached hydrogens (tertiary/aromatic N) is 1. The summed E-state index contributed by atoms with van der Waals surface area (Å²) in [7, 11) is 0. The number of nitrogens with one attached hydrogen (secondary N) is 2. The van der Waals surface area contributed by atoms with E-state index in [1.807, 2.05) is 0 Å². The first-order valence-corrected chi connectivity index (χ1v) is 6.92. The largest absolute Gasteiger partial charge is 0.354 e. The number of hydrogen-bond donors (Lipinski definition) is 2. The van der Waals surface area contributed by atoms with Gasteiger partial charge < -0.3 is 10.6 Å². The first kappa shape index (κ1) is 12.8. The van der Waals surface area contributed by atoms with Gasteiger partial charge in [0.1, 0.15) is 0 Å². The van der Waals surface area contributed by atoms with Crippen LogP contribution >= 0.6 is 0 Å². The summed E-state index contributed by atoms with van der Waals surface area (Å²) in [5.74, 6) is 0.269. The quantitative estimate of drug-likeness (QED) is 0.754. The number of rotatable bonds is 4. The smallest absolute Gasteiger partial charge is 0.225 e. The molecule has 4 heteroatoms. The zero-order valence-electron chi connectivity index (χ0n) is 10.9. The topological polar surface area (TPSA) is 44.4 Å². The van der Waals surface area contributed by atoms with E-state index in [0.717, 1.165) is 52.1 Å². The summed E-state index contributed by atoms with van der Waals surface area (Å²) in [6.07, 6.45) is 4.54. The van der Waals surface area contributed by atoms with Crippen LogP contribution in [0.15, 0.2) is 0 Å². The molecule has 2 fully saturated rings. The molecule has 98 valence electrons. The average molecular weight is 239 g/mol. The van der Waals surface area contributed by atoms with Crippen LogP contribution in [0.5, 0.6) is 0 Å². The average Bonchev–Trinajstić information content (AvgIpc) is 2.79. The van der Waals surface area contributed by atoms with Crippen molar-refractivity contribution in [2.45, 2.75) is 32.6 Å². The van der Waals surface area contributed by atoms with Crippen LogP contribution < -0.4 is 10.6 Å². The Labute approximate surface area is 104 Å². The van der Waals surface area contributed by atoms with Gasteiger partial charge in [-0.3, -0.25) is 9.69 Å². The van der Waals surface area contributed by atoms with Gasteiger partial charge in [-0.15, -0.1) is 0 Å². The Balaban J connectivity index is 1.65. The van der Waals surface area contributed by atoms with E-state index in [1.165, 1.54) is 12.8 Å². The monoisotopic (exact) mass is 239 g/mol. The first-order valence-electron chi connectivity index (χ1n) is 6.92. The maximum atomic E-state index is 12.1. The van der Waals surface area contributed by atoms with Gasteiger partial charge in [0.2, 0.25) is 5.91 Å². The second kappa shape index (κ2) is 5.83. The lowest BCUT2D eigenvalue weighted by Gasteiger charge is -2.28. The Morgan fingerprint density at radius 3 is 2.59 bits per heavy atom. The van der Waals surface area contributed by atoms with Crippen LogP contribution in [0.25, 0.3) is 0 Å². The fourth-order valence-corrected chi connectivity index (χ4v) is 2.86. The van der Waals surface area contributed by atoms with Crippen LogP contribution in [0, 0.1) is 5.41 Å². The highest BCUT2D eigenvalue weighted by Gasteiger charge is 2.35. The summed E-state index contributed by atoms with van der Waals surface area (Å²) in [5.41, 5.74) is -0.0799. The predicted octanol–water partition coefficient (Wildman–Crippen LogP) is 0.588. The van der Waals surface area contributed by atoms with Crippen molar-refractivity contribution in [2.75, 3.05) is 39.3 Å². The highest BCUT2D eigenvalue weighted by Crippen LogP contribution is 2.37. The molecule has 0 spiro atoms. The molecular formula is C13H25N3O. The van der Waals surface area contributed by atoms with Crippen molar-refractivity contribution < 1.29 is 4.79 Å². The number of carbonyl (C=O) groups is 1. The van der Waals surface area contributed by atoms with E-state index in [9.17, 15) is 4.79 Å². The van der Waals surface area contributed by atoms with Crippen molar-refractivity contribution in [2.24, 2.45) is 5.41 Å². The van der Waals surface area contributed by atoms with Crippen LogP contribution in [-0.2, 0) is 4.79 Å². The van der Waals surface area contributed by atoms with Crippen LogP contribution in [0.1, 0.15) is 32.6 Å². The number of carbonyl (C=O) groups excluding carboxylic acids is 1. The molecule has 1 aliphatic heterocycles. The van der Waals surface area contributed by atoms with Gasteiger partial charge in [0.15, 0.2) is 0 Å². The van der Waals surface area contributed by atoms with Gasteiger partial charge in [-0.2, -0.15) is 0 Å². The molecule has 4 nitrogen and oxygen atoms in total. The minimum Gasteiger partial charge on any atom is -0.354 e. The highest BCUT2D eigenvalue weighted by molar-refractivity contribution is 5.82. The third-order valence-corrected chi connectivity index (χ3v) is 4.18. The molecule has 1 saturated heterocycles. The Morgan fingerprint density at radius 2 is 1.94 bits per heavy atom. The third kappa shape index (κ3) is 3.42. The maximum Gasteiger partial charge on any atom is 0.225 e. The Hall–Kier alpha value is -0.610. The van der Waals surface area contributed by atoms with Crippen molar-refractivity contribution in [3.8, 4) is 0 Å². The van der Waals surface area contributed by atoms with Gasteiger partial charge in [-0.1, -0.05) is 19.8 Å². The molecule has 0 aromatic rings. The van der Waals surface area contributed by atoms with Crippen molar-refractivity contribution in [3.63, 3.8) is 0 Å². The molecule has 1 heterocycles. The van der Waals surface area contributed by atoms with E-state index >= 15 is 0 Å². The summed E-state index contributed by atoms with van der Waals surface area (Å²) in [6, 6.07) is 0. The minimum atomic E-state index is -0.0799. The standard InChI is InChI=1S/C13H25N3O/c1-13(4-2-3-5-13)12(17)15-8-11-16-9-6-14-7-10-16/h14H,2-11H2,1H3,(H,15,17). The van der Waals surface area contributed by atoms with E-state index in [0.29, 0.717) is 0 Å². The molecule has 0 bridgehead atoms. The number of hydrogen-bond acceptors (Lipinski definition) is 3. The van der Waals surface area contributed by atoms with E-state index in [1.54, 1.807) is 0 Å². The van der Waals surface area contributed by atoms with Gasteiger partial charge in [-0.25, -0.2) is 0 Å². The van der Waals surface area contributed by atoms with Crippen LogP contribution in [0.4, 0.5) is 0 Å².